The summed E-state index contributed by atoms with van der Waals surface area (Å²) in [7, 11) is 0. The quantitative estimate of drug-likeness (QED) is 0.760. The van der Waals surface area contributed by atoms with Gasteiger partial charge in [-0.1, -0.05) is 51.1 Å². The third kappa shape index (κ3) is 7.45. The van der Waals surface area contributed by atoms with Crippen LogP contribution in [0.1, 0.15) is 38.7 Å². The molecule has 1 aromatic rings. The van der Waals surface area contributed by atoms with Gasteiger partial charge in [0.2, 0.25) is 0 Å². The van der Waals surface area contributed by atoms with Crippen LogP contribution in [0.25, 0.3) is 0 Å². The van der Waals surface area contributed by atoms with Crippen LogP contribution in [0.5, 0.6) is 0 Å². The van der Waals surface area contributed by atoms with Crippen LogP contribution < -0.4 is 10.6 Å². The van der Waals surface area contributed by atoms with E-state index in [9.17, 15) is 4.79 Å². The molecular formula is C20H33N3O2. The molecule has 0 radical (unpaired) electrons. The molecule has 0 aromatic heterocycles. The normalized spacial score (nSPS) is 19.6. The van der Waals surface area contributed by atoms with Crippen molar-refractivity contribution in [3.8, 4) is 0 Å². The summed E-state index contributed by atoms with van der Waals surface area (Å²) < 4.78 is 5.76. The summed E-state index contributed by atoms with van der Waals surface area (Å²) in [4.78, 5) is 14.4. The van der Waals surface area contributed by atoms with E-state index in [0.717, 1.165) is 32.7 Å². The molecule has 2 rings (SSSR count). The summed E-state index contributed by atoms with van der Waals surface area (Å²) in [6, 6.07) is 10.3. The zero-order valence-electron chi connectivity index (χ0n) is 15.8. The number of carbonyl (C=O) groups excluding carboxylic acids is 1. The number of morpholine rings is 1. The first-order valence-corrected chi connectivity index (χ1v) is 9.45. The van der Waals surface area contributed by atoms with Gasteiger partial charge in [0.1, 0.15) is 0 Å². The van der Waals surface area contributed by atoms with Crippen molar-refractivity contribution in [3.05, 3.63) is 35.9 Å². The third-order valence-corrected chi connectivity index (χ3v) is 4.57. The van der Waals surface area contributed by atoms with Crippen molar-refractivity contribution in [2.45, 2.75) is 39.2 Å². The Kier molecular flexibility index (Phi) is 8.22. The van der Waals surface area contributed by atoms with E-state index in [2.05, 4.69) is 60.6 Å². The Balaban J connectivity index is 1.60. The highest BCUT2D eigenvalue weighted by Gasteiger charge is 2.21. The van der Waals surface area contributed by atoms with Gasteiger partial charge in [-0.2, -0.15) is 0 Å². The van der Waals surface area contributed by atoms with E-state index < -0.39 is 0 Å². The lowest BCUT2D eigenvalue weighted by atomic mass is 9.98. The van der Waals surface area contributed by atoms with Crippen molar-refractivity contribution in [1.29, 1.82) is 0 Å². The van der Waals surface area contributed by atoms with Gasteiger partial charge in [0.25, 0.3) is 0 Å². The van der Waals surface area contributed by atoms with Crippen molar-refractivity contribution in [1.82, 2.24) is 15.5 Å². The lowest BCUT2D eigenvalue weighted by molar-refractivity contribution is -0.0290. The molecule has 2 N–H and O–H groups in total. The largest absolute Gasteiger partial charge is 0.374 e. The highest BCUT2D eigenvalue weighted by atomic mass is 16.5. The number of nitrogens with zero attached hydrogens (tertiary/aromatic N) is 1. The molecule has 0 aliphatic carbocycles. The number of hydrogen-bond donors (Lipinski definition) is 2. The minimum Gasteiger partial charge on any atom is -0.374 e. The Bertz CT molecular complexity index is 507. The molecule has 0 spiro atoms. The van der Waals surface area contributed by atoms with Gasteiger partial charge in [0.05, 0.1) is 12.7 Å². The number of nitrogens with one attached hydrogen (secondary N) is 2. The number of carbonyl (C=O) groups is 1. The first-order valence-electron chi connectivity index (χ1n) is 9.45. The van der Waals surface area contributed by atoms with Crippen LogP contribution in [0.15, 0.2) is 30.3 Å². The molecule has 0 saturated carbocycles. The summed E-state index contributed by atoms with van der Waals surface area (Å²) in [5, 5.41) is 5.89. The van der Waals surface area contributed by atoms with Crippen LogP contribution in [-0.2, 0) is 4.74 Å². The van der Waals surface area contributed by atoms with Gasteiger partial charge in [-0.05, 0) is 23.8 Å². The number of benzene rings is 1. The number of urea groups is 1. The van der Waals surface area contributed by atoms with Crippen LogP contribution in [0.2, 0.25) is 0 Å². The average Bonchev–Trinajstić information content (AvgIpc) is 2.60. The predicted octanol–water partition coefficient (Wildman–Crippen LogP) is 2.84. The molecule has 2 amide bonds. The topological polar surface area (TPSA) is 53.6 Å². The van der Waals surface area contributed by atoms with Gasteiger partial charge >= 0.3 is 6.03 Å². The Morgan fingerprint density at radius 1 is 1.24 bits per heavy atom. The second kappa shape index (κ2) is 10.4. The van der Waals surface area contributed by atoms with Crippen molar-refractivity contribution in [3.63, 3.8) is 0 Å². The van der Waals surface area contributed by atoms with Crippen LogP contribution in [0.3, 0.4) is 0 Å². The maximum atomic E-state index is 12.0. The molecule has 140 valence electrons. The Hall–Kier alpha value is -1.59. The summed E-state index contributed by atoms with van der Waals surface area (Å²) in [6.45, 7) is 11.6. The molecule has 1 saturated heterocycles. The molecule has 2 unspecified atom stereocenters. The molecule has 1 heterocycles. The van der Waals surface area contributed by atoms with Gasteiger partial charge in [-0.15, -0.1) is 0 Å². The fourth-order valence-corrected chi connectivity index (χ4v) is 3.21. The van der Waals surface area contributed by atoms with Crippen molar-refractivity contribution >= 4 is 6.03 Å². The lowest BCUT2D eigenvalue weighted by Crippen LogP contribution is -2.49. The maximum absolute atomic E-state index is 12.0. The molecule has 25 heavy (non-hydrogen) atoms. The number of ether oxygens (including phenoxy) is 1. The molecule has 2 atom stereocenters. The first-order chi connectivity index (χ1) is 12.0. The molecule has 1 aliphatic rings. The minimum atomic E-state index is -0.107. The third-order valence-electron chi connectivity index (χ3n) is 4.57. The van der Waals surface area contributed by atoms with Crippen molar-refractivity contribution in [2.75, 3.05) is 39.3 Å². The standard InChI is InChI=1S/C20H33N3O2/c1-16(2)14-23-11-12-25-19(15-23)13-22-20(24)21-10-9-17(3)18-7-5-4-6-8-18/h4-8,16-17,19H,9-15H2,1-3H3,(H2,21,22,24). The van der Waals surface area contributed by atoms with Crippen LogP contribution in [-0.4, -0.2) is 56.4 Å². The van der Waals surface area contributed by atoms with Crippen LogP contribution in [0.4, 0.5) is 4.79 Å². The molecule has 5 nitrogen and oxygen atoms in total. The second-order valence-corrected chi connectivity index (χ2v) is 7.38. The van der Waals surface area contributed by atoms with E-state index in [4.69, 9.17) is 4.74 Å². The minimum absolute atomic E-state index is 0.0847. The van der Waals surface area contributed by atoms with Gasteiger partial charge in [0, 0.05) is 32.7 Å². The molecular weight excluding hydrogens is 314 g/mol. The van der Waals surface area contributed by atoms with Crippen molar-refractivity contribution in [2.24, 2.45) is 5.92 Å². The number of hydrogen-bond acceptors (Lipinski definition) is 3. The molecule has 5 heteroatoms. The maximum Gasteiger partial charge on any atom is 0.314 e. The molecule has 1 aromatic carbocycles. The van der Waals surface area contributed by atoms with E-state index in [1.165, 1.54) is 5.56 Å². The average molecular weight is 348 g/mol. The van der Waals surface area contributed by atoms with Crippen molar-refractivity contribution < 1.29 is 9.53 Å². The van der Waals surface area contributed by atoms with Gasteiger partial charge in [-0.3, -0.25) is 4.90 Å². The van der Waals surface area contributed by atoms with Gasteiger partial charge in [-0.25, -0.2) is 4.79 Å². The predicted molar refractivity (Wildman–Crippen MR) is 102 cm³/mol. The van der Waals surface area contributed by atoms with E-state index in [1.807, 2.05) is 6.07 Å². The van der Waals surface area contributed by atoms with Crippen LogP contribution in [0, 0.1) is 5.92 Å². The van der Waals surface area contributed by atoms with E-state index in [1.54, 1.807) is 0 Å². The summed E-state index contributed by atoms with van der Waals surface area (Å²) in [5.41, 5.74) is 1.31. The zero-order chi connectivity index (χ0) is 18.1. The number of rotatable bonds is 8. The smallest absolute Gasteiger partial charge is 0.314 e. The first kappa shape index (κ1) is 19.7. The van der Waals surface area contributed by atoms with Gasteiger partial charge in [0.15, 0.2) is 0 Å². The zero-order valence-corrected chi connectivity index (χ0v) is 15.8. The summed E-state index contributed by atoms with van der Waals surface area (Å²) in [5.74, 6) is 1.09. The summed E-state index contributed by atoms with van der Waals surface area (Å²) >= 11 is 0. The number of amides is 2. The van der Waals surface area contributed by atoms with E-state index >= 15 is 0 Å². The monoisotopic (exact) mass is 347 g/mol. The Morgan fingerprint density at radius 3 is 2.72 bits per heavy atom. The van der Waals surface area contributed by atoms with Crippen LogP contribution >= 0.6 is 0 Å². The molecule has 1 fully saturated rings. The van der Waals surface area contributed by atoms with Gasteiger partial charge < -0.3 is 15.4 Å². The molecule has 0 bridgehead atoms. The Morgan fingerprint density at radius 2 is 2.00 bits per heavy atom. The fraction of sp³-hybridized carbons (Fsp3) is 0.650. The van der Waals surface area contributed by atoms with E-state index in [-0.39, 0.29) is 12.1 Å². The second-order valence-electron chi connectivity index (χ2n) is 7.38. The Labute approximate surface area is 152 Å². The fourth-order valence-electron chi connectivity index (χ4n) is 3.21. The lowest BCUT2D eigenvalue weighted by Gasteiger charge is -2.33. The highest BCUT2D eigenvalue weighted by molar-refractivity contribution is 5.73. The highest BCUT2D eigenvalue weighted by Crippen LogP contribution is 2.17. The summed E-state index contributed by atoms with van der Waals surface area (Å²) in [6.07, 6.45) is 1.01. The molecule has 1 aliphatic heterocycles. The van der Waals surface area contributed by atoms with E-state index in [0.29, 0.717) is 24.9 Å². The SMILES string of the molecule is CC(C)CN1CCOC(CNC(=O)NCCC(C)c2ccccc2)C1.